The predicted molar refractivity (Wildman–Crippen MR) is 36.6 cm³/mol. The summed E-state index contributed by atoms with van der Waals surface area (Å²) in [5.41, 5.74) is 4.94. The molecule has 0 rings (SSSR count). The van der Waals surface area contributed by atoms with Crippen LogP contribution in [0.25, 0.3) is 0 Å². The van der Waals surface area contributed by atoms with E-state index in [-0.39, 0.29) is 35.3 Å². The Kier molecular flexibility index (Phi) is 8.54. The van der Waals surface area contributed by atoms with Crippen molar-refractivity contribution in [3.63, 3.8) is 0 Å². The van der Waals surface area contributed by atoms with Gasteiger partial charge in [-0.3, -0.25) is 4.79 Å². The fourth-order valence-corrected chi connectivity index (χ4v) is 0.234. The third-order valence-corrected chi connectivity index (χ3v) is 0.907. The molecule has 0 amide bonds. The van der Waals surface area contributed by atoms with Gasteiger partial charge in [0.25, 0.3) is 0 Å². The standard InChI is InChI=1S/C3H7NO2S.Na.H/c4-2(1-7)3(5)6;;/h2,7H,1,4H2,(H,5,6);;. The Hall–Kier alpha value is 0.780. The molecule has 0 aliphatic heterocycles. The van der Waals surface area contributed by atoms with Gasteiger partial charge in [-0.2, -0.15) is 12.6 Å². The van der Waals surface area contributed by atoms with Gasteiger partial charge in [-0.15, -0.1) is 0 Å². The van der Waals surface area contributed by atoms with Crippen LogP contribution in [0.1, 0.15) is 0 Å². The Labute approximate surface area is 75.3 Å². The van der Waals surface area contributed by atoms with Crippen LogP contribution >= 0.6 is 12.6 Å². The zero-order chi connectivity index (χ0) is 5.86. The van der Waals surface area contributed by atoms with Crippen molar-refractivity contribution in [1.29, 1.82) is 0 Å². The number of carboxylic acids is 1. The number of hydrogen-bond donors (Lipinski definition) is 3. The topological polar surface area (TPSA) is 63.3 Å². The first-order valence-corrected chi connectivity index (χ1v) is 2.41. The van der Waals surface area contributed by atoms with E-state index in [2.05, 4.69) is 12.6 Å². The SMILES string of the molecule is NC(CS)C(=O)O.[NaH]. The van der Waals surface area contributed by atoms with E-state index in [1.807, 2.05) is 0 Å². The monoisotopic (exact) mass is 145 g/mol. The van der Waals surface area contributed by atoms with Gasteiger partial charge in [0.2, 0.25) is 0 Å². The molecule has 0 aliphatic carbocycles. The van der Waals surface area contributed by atoms with E-state index in [9.17, 15) is 4.79 Å². The normalized spacial score (nSPS) is 11.8. The van der Waals surface area contributed by atoms with Crippen LogP contribution in [0.3, 0.4) is 0 Å². The summed E-state index contributed by atoms with van der Waals surface area (Å²) in [6, 6.07) is -0.816. The van der Waals surface area contributed by atoms with E-state index in [0.717, 1.165) is 0 Å². The van der Waals surface area contributed by atoms with E-state index in [1.54, 1.807) is 0 Å². The number of aliphatic carboxylic acids is 1. The fraction of sp³-hybridized carbons (Fsp3) is 0.667. The van der Waals surface area contributed by atoms with Crippen LogP contribution in [0.15, 0.2) is 0 Å². The molecule has 1 unspecified atom stereocenters. The third-order valence-electron chi connectivity index (χ3n) is 0.514. The maximum atomic E-state index is 9.76. The van der Waals surface area contributed by atoms with Crippen LogP contribution in [0, 0.1) is 0 Å². The molecule has 44 valence electrons. The molecule has 3 N–H and O–H groups in total. The summed E-state index contributed by atoms with van der Waals surface area (Å²) < 4.78 is 0. The zero-order valence-corrected chi connectivity index (χ0v) is 4.56. The fourth-order valence-electron chi connectivity index (χ4n) is 0.0781. The molecule has 3 nitrogen and oxygen atoms in total. The second-order valence-corrected chi connectivity index (χ2v) is 1.49. The molecule has 0 spiro atoms. The van der Waals surface area contributed by atoms with E-state index in [0.29, 0.717) is 0 Å². The third kappa shape index (κ3) is 4.93. The van der Waals surface area contributed by atoms with Crippen LogP contribution in [0.5, 0.6) is 0 Å². The van der Waals surface area contributed by atoms with Gasteiger partial charge in [0.15, 0.2) is 0 Å². The Morgan fingerprint density at radius 3 is 2.25 bits per heavy atom. The number of thiol groups is 1. The van der Waals surface area contributed by atoms with Crippen molar-refractivity contribution >= 4 is 48.2 Å². The van der Waals surface area contributed by atoms with Gasteiger partial charge < -0.3 is 10.8 Å². The average Bonchev–Trinajstić information content (AvgIpc) is 1.65. The van der Waals surface area contributed by atoms with Crippen molar-refractivity contribution in [2.75, 3.05) is 5.75 Å². The van der Waals surface area contributed by atoms with Gasteiger partial charge in [-0.05, 0) is 0 Å². The Balaban J connectivity index is 0. The van der Waals surface area contributed by atoms with E-state index < -0.39 is 12.0 Å². The van der Waals surface area contributed by atoms with Gasteiger partial charge >= 0.3 is 35.5 Å². The van der Waals surface area contributed by atoms with Gasteiger partial charge in [0.1, 0.15) is 6.04 Å². The average molecular weight is 145 g/mol. The van der Waals surface area contributed by atoms with Crippen LogP contribution in [-0.2, 0) is 4.79 Å². The molecular weight excluding hydrogens is 137 g/mol. The van der Waals surface area contributed by atoms with E-state index in [1.165, 1.54) is 0 Å². The summed E-state index contributed by atoms with van der Waals surface area (Å²) in [4.78, 5) is 9.76. The molecule has 0 aromatic carbocycles. The van der Waals surface area contributed by atoms with Crippen molar-refractivity contribution in [3.05, 3.63) is 0 Å². The number of carbonyl (C=O) groups is 1. The molecule has 0 fully saturated rings. The molecule has 0 aromatic heterocycles. The molecule has 0 heterocycles. The Bertz CT molecular complexity index is 79.7. The second-order valence-electron chi connectivity index (χ2n) is 1.13. The van der Waals surface area contributed by atoms with Crippen molar-refractivity contribution in [3.8, 4) is 0 Å². The number of nitrogens with two attached hydrogens (primary N) is 1. The summed E-state index contributed by atoms with van der Waals surface area (Å²) in [7, 11) is 0. The molecule has 1 atom stereocenters. The maximum absolute atomic E-state index is 9.76. The Morgan fingerprint density at radius 1 is 1.88 bits per heavy atom. The molecule has 0 saturated carbocycles. The summed E-state index contributed by atoms with van der Waals surface area (Å²) in [6.07, 6.45) is 0. The van der Waals surface area contributed by atoms with Gasteiger partial charge in [0.05, 0.1) is 0 Å². The summed E-state index contributed by atoms with van der Waals surface area (Å²) in [5.74, 6) is -0.815. The van der Waals surface area contributed by atoms with Crippen LogP contribution in [0.4, 0.5) is 0 Å². The summed E-state index contributed by atoms with van der Waals surface area (Å²) in [6.45, 7) is 0. The summed E-state index contributed by atoms with van der Waals surface area (Å²) >= 11 is 3.65. The van der Waals surface area contributed by atoms with Gasteiger partial charge in [-0.25, -0.2) is 0 Å². The number of rotatable bonds is 2. The van der Waals surface area contributed by atoms with Crippen molar-refractivity contribution in [2.45, 2.75) is 6.04 Å². The quantitative estimate of drug-likeness (QED) is 0.333. The Morgan fingerprint density at radius 2 is 2.25 bits per heavy atom. The van der Waals surface area contributed by atoms with Gasteiger partial charge in [-0.1, -0.05) is 0 Å². The van der Waals surface area contributed by atoms with E-state index in [4.69, 9.17) is 10.8 Å². The molecule has 0 aromatic rings. The molecule has 5 heteroatoms. The second kappa shape index (κ2) is 5.91. The van der Waals surface area contributed by atoms with Crippen molar-refractivity contribution in [1.82, 2.24) is 0 Å². The molecule has 8 heavy (non-hydrogen) atoms. The minimum absolute atomic E-state index is 0. The van der Waals surface area contributed by atoms with E-state index >= 15 is 0 Å². The predicted octanol–water partition coefficient (Wildman–Crippen LogP) is -1.32. The zero-order valence-electron chi connectivity index (χ0n) is 3.66. The summed E-state index contributed by atoms with van der Waals surface area (Å²) in [5, 5.41) is 8.01. The number of carboxylic acid groups (broad SMARTS) is 1. The number of hydrogen-bond acceptors (Lipinski definition) is 3. The molecule has 0 radical (unpaired) electrons. The van der Waals surface area contributed by atoms with Crippen LogP contribution in [-0.4, -0.2) is 52.4 Å². The molecule has 0 saturated heterocycles. The minimum atomic E-state index is -1.00. The van der Waals surface area contributed by atoms with Crippen LogP contribution < -0.4 is 5.73 Å². The first kappa shape index (κ1) is 11.6. The van der Waals surface area contributed by atoms with Crippen LogP contribution in [0.2, 0.25) is 0 Å². The molecule has 0 bridgehead atoms. The van der Waals surface area contributed by atoms with Crippen molar-refractivity contribution in [2.24, 2.45) is 5.73 Å². The van der Waals surface area contributed by atoms with Gasteiger partial charge in [0, 0.05) is 5.75 Å². The molecular formula is C3H8NNaO2S. The first-order chi connectivity index (χ1) is 3.18. The molecule has 0 aliphatic rings. The first-order valence-electron chi connectivity index (χ1n) is 1.77. The van der Waals surface area contributed by atoms with Crippen molar-refractivity contribution < 1.29 is 9.90 Å².